The minimum Gasteiger partial charge on any atom is -0.461 e. The molecule has 3 aromatic rings. The lowest BCUT2D eigenvalue weighted by Crippen LogP contribution is -2.56. The molecule has 2 heterocycles. The van der Waals surface area contributed by atoms with Crippen LogP contribution in [0.1, 0.15) is 51.3 Å². The van der Waals surface area contributed by atoms with Gasteiger partial charge in [0.15, 0.2) is 6.10 Å². The Morgan fingerprint density at radius 2 is 1.76 bits per heavy atom. The molecule has 46 heavy (non-hydrogen) atoms. The molecule has 3 amide bonds. The SMILES string of the molecule is CCC[C@H](NC(=O)[C@H](Cc1c[nH]cn1)NC(=O)C(CC(=O)N1CCOCC1)Cc1cccc2ccccc12)C(O)C(=O)OC(C)C. The Bertz CT molecular complexity index is 1450. The molecule has 12 nitrogen and oxygen atoms in total. The van der Waals surface area contributed by atoms with Gasteiger partial charge in [-0.3, -0.25) is 14.4 Å². The molecule has 0 aliphatic carbocycles. The standard InChI is InChI=1S/C34H45N5O7/c1-4-8-28(31(41)34(44)46-22(2)3)37-33(43)29(19-26-20-35-21-36-26)38-32(42)25(18-30(40)39-13-15-45-16-14-39)17-24-11-7-10-23-9-5-6-12-27(23)24/h5-7,9-12,20-22,25,28-29,31,41H,4,8,13-19H2,1-3H3,(H,35,36)(H,37,43)(H,38,42)/t25?,28-,29-,31?/m0/s1. The van der Waals surface area contributed by atoms with Crippen molar-refractivity contribution in [3.8, 4) is 0 Å². The van der Waals surface area contributed by atoms with Crippen LogP contribution >= 0.6 is 0 Å². The van der Waals surface area contributed by atoms with Crippen LogP contribution in [-0.4, -0.2) is 94.3 Å². The van der Waals surface area contributed by atoms with Crippen LogP contribution < -0.4 is 10.6 Å². The van der Waals surface area contributed by atoms with Gasteiger partial charge in [0.05, 0.1) is 43.3 Å². The summed E-state index contributed by atoms with van der Waals surface area (Å²) in [5.41, 5.74) is 1.44. The smallest absolute Gasteiger partial charge is 0.337 e. The molecule has 2 unspecified atom stereocenters. The number of ether oxygens (including phenoxy) is 2. The first-order chi connectivity index (χ1) is 22.2. The third kappa shape index (κ3) is 9.60. The predicted molar refractivity (Wildman–Crippen MR) is 171 cm³/mol. The third-order valence-corrected chi connectivity index (χ3v) is 8.00. The summed E-state index contributed by atoms with van der Waals surface area (Å²) >= 11 is 0. The fourth-order valence-electron chi connectivity index (χ4n) is 5.63. The van der Waals surface area contributed by atoms with Crippen molar-refractivity contribution < 1.29 is 33.8 Å². The molecule has 4 N–H and O–H groups in total. The fraction of sp³-hybridized carbons (Fsp3) is 0.500. The normalized spacial score (nSPS) is 16.0. The molecule has 0 spiro atoms. The van der Waals surface area contributed by atoms with Crippen LogP contribution in [0.3, 0.4) is 0 Å². The molecular formula is C34H45N5O7. The molecule has 0 bridgehead atoms. The molecule has 4 atom stereocenters. The molecule has 248 valence electrons. The molecule has 1 saturated heterocycles. The number of amides is 3. The van der Waals surface area contributed by atoms with Gasteiger partial charge in [0.2, 0.25) is 17.7 Å². The number of hydrogen-bond acceptors (Lipinski definition) is 8. The molecule has 2 aromatic carbocycles. The minimum atomic E-state index is -1.58. The average Bonchev–Trinajstić information content (AvgIpc) is 3.57. The lowest BCUT2D eigenvalue weighted by Gasteiger charge is -2.29. The number of fused-ring (bicyclic) bond motifs is 1. The maximum atomic E-state index is 14.1. The van der Waals surface area contributed by atoms with Crippen molar-refractivity contribution >= 4 is 34.5 Å². The van der Waals surface area contributed by atoms with Gasteiger partial charge in [0, 0.05) is 32.1 Å². The number of aromatic nitrogens is 2. The van der Waals surface area contributed by atoms with Gasteiger partial charge in [-0.15, -0.1) is 0 Å². The molecule has 1 aliphatic rings. The van der Waals surface area contributed by atoms with Gasteiger partial charge in [-0.25, -0.2) is 9.78 Å². The van der Waals surface area contributed by atoms with E-state index in [0.29, 0.717) is 44.8 Å². The van der Waals surface area contributed by atoms with Crippen molar-refractivity contribution in [2.45, 2.75) is 77.2 Å². The molecule has 1 aliphatic heterocycles. The fourth-order valence-corrected chi connectivity index (χ4v) is 5.63. The van der Waals surface area contributed by atoms with Crippen LogP contribution in [0, 0.1) is 5.92 Å². The molecule has 1 fully saturated rings. The molecule has 0 saturated carbocycles. The summed E-state index contributed by atoms with van der Waals surface area (Å²) < 4.78 is 10.6. The van der Waals surface area contributed by atoms with Crippen LogP contribution in [0.2, 0.25) is 0 Å². The zero-order chi connectivity index (χ0) is 33.1. The van der Waals surface area contributed by atoms with Gasteiger partial charge in [-0.05, 0) is 43.0 Å². The number of carbonyl (C=O) groups excluding carboxylic acids is 4. The van der Waals surface area contributed by atoms with E-state index in [0.717, 1.165) is 16.3 Å². The van der Waals surface area contributed by atoms with Crippen LogP contribution in [-0.2, 0) is 41.5 Å². The van der Waals surface area contributed by atoms with Gasteiger partial charge in [0.1, 0.15) is 6.04 Å². The summed E-state index contributed by atoms with van der Waals surface area (Å²) in [6.07, 6.45) is 2.23. The summed E-state index contributed by atoms with van der Waals surface area (Å²) in [7, 11) is 0. The van der Waals surface area contributed by atoms with Gasteiger partial charge in [-0.1, -0.05) is 55.8 Å². The third-order valence-electron chi connectivity index (χ3n) is 8.00. The number of benzene rings is 2. The van der Waals surface area contributed by atoms with E-state index in [1.165, 1.54) is 6.33 Å². The number of aromatic amines is 1. The number of aliphatic hydroxyl groups excluding tert-OH is 1. The quantitative estimate of drug-likeness (QED) is 0.185. The largest absolute Gasteiger partial charge is 0.461 e. The number of esters is 1. The number of rotatable bonds is 15. The summed E-state index contributed by atoms with van der Waals surface area (Å²) in [5.74, 6) is -2.83. The van der Waals surface area contributed by atoms with Crippen molar-refractivity contribution in [1.82, 2.24) is 25.5 Å². The molecule has 4 rings (SSSR count). The highest BCUT2D eigenvalue weighted by molar-refractivity contribution is 5.92. The Morgan fingerprint density at radius 3 is 2.46 bits per heavy atom. The zero-order valence-electron chi connectivity index (χ0n) is 26.7. The highest BCUT2D eigenvalue weighted by Crippen LogP contribution is 2.24. The average molecular weight is 636 g/mol. The second kappa shape index (κ2) is 16.9. The van der Waals surface area contributed by atoms with E-state index in [1.807, 2.05) is 49.4 Å². The van der Waals surface area contributed by atoms with Crippen molar-refractivity contribution in [3.05, 3.63) is 66.2 Å². The molecular weight excluding hydrogens is 590 g/mol. The zero-order valence-corrected chi connectivity index (χ0v) is 26.7. The highest BCUT2D eigenvalue weighted by atomic mass is 16.6. The topological polar surface area (TPSA) is 163 Å². The first-order valence-corrected chi connectivity index (χ1v) is 15.9. The van der Waals surface area contributed by atoms with Crippen molar-refractivity contribution in [3.63, 3.8) is 0 Å². The monoisotopic (exact) mass is 635 g/mol. The second-order valence-corrected chi connectivity index (χ2v) is 11.9. The van der Waals surface area contributed by atoms with E-state index >= 15 is 0 Å². The number of nitrogens with one attached hydrogen (secondary N) is 3. The van der Waals surface area contributed by atoms with Crippen LogP contribution in [0.25, 0.3) is 10.8 Å². The van der Waals surface area contributed by atoms with Crippen molar-refractivity contribution in [2.75, 3.05) is 26.3 Å². The van der Waals surface area contributed by atoms with Crippen LogP contribution in [0.5, 0.6) is 0 Å². The van der Waals surface area contributed by atoms with E-state index < -0.39 is 48.0 Å². The van der Waals surface area contributed by atoms with Crippen LogP contribution in [0.4, 0.5) is 0 Å². The van der Waals surface area contributed by atoms with E-state index in [-0.39, 0.29) is 25.2 Å². The van der Waals surface area contributed by atoms with Gasteiger partial charge in [0.25, 0.3) is 0 Å². The van der Waals surface area contributed by atoms with Crippen molar-refractivity contribution in [2.24, 2.45) is 5.92 Å². The summed E-state index contributed by atoms with van der Waals surface area (Å²) in [4.78, 5) is 62.5. The Morgan fingerprint density at radius 1 is 1.02 bits per heavy atom. The Kier molecular flexibility index (Phi) is 12.7. The lowest BCUT2D eigenvalue weighted by atomic mass is 9.91. The summed E-state index contributed by atoms with van der Waals surface area (Å²) in [5, 5.41) is 18.4. The number of H-pyrrole nitrogens is 1. The highest BCUT2D eigenvalue weighted by Gasteiger charge is 2.34. The Labute approximate surface area is 269 Å². The Hall–Kier alpha value is -4.29. The number of imidazole rings is 1. The predicted octanol–water partition coefficient (Wildman–Crippen LogP) is 2.30. The molecule has 1 aromatic heterocycles. The van der Waals surface area contributed by atoms with Crippen LogP contribution in [0.15, 0.2) is 55.0 Å². The number of aliphatic hydroxyl groups is 1. The van der Waals surface area contributed by atoms with E-state index in [1.54, 1.807) is 24.9 Å². The number of carbonyl (C=O) groups is 4. The lowest BCUT2D eigenvalue weighted by molar-refractivity contribution is -0.159. The number of nitrogens with zero attached hydrogens (tertiary/aromatic N) is 2. The van der Waals surface area contributed by atoms with Gasteiger partial charge in [-0.2, -0.15) is 0 Å². The minimum absolute atomic E-state index is 0.0465. The van der Waals surface area contributed by atoms with Gasteiger partial charge < -0.3 is 35.1 Å². The molecule has 0 radical (unpaired) electrons. The van der Waals surface area contributed by atoms with E-state index in [9.17, 15) is 24.3 Å². The summed E-state index contributed by atoms with van der Waals surface area (Å²) in [6.45, 7) is 6.99. The van der Waals surface area contributed by atoms with E-state index in [2.05, 4.69) is 20.6 Å². The first-order valence-electron chi connectivity index (χ1n) is 15.9. The Balaban J connectivity index is 1.58. The van der Waals surface area contributed by atoms with Gasteiger partial charge >= 0.3 is 5.97 Å². The maximum Gasteiger partial charge on any atom is 0.337 e. The maximum absolute atomic E-state index is 14.1. The second-order valence-electron chi connectivity index (χ2n) is 11.9. The first kappa shape index (κ1) is 34.6. The van der Waals surface area contributed by atoms with E-state index in [4.69, 9.17) is 9.47 Å². The van der Waals surface area contributed by atoms with Crippen molar-refractivity contribution in [1.29, 1.82) is 0 Å². The number of hydrogen-bond donors (Lipinski definition) is 4. The number of morpholine rings is 1. The summed E-state index contributed by atoms with van der Waals surface area (Å²) in [6, 6.07) is 11.7. The molecule has 12 heteroatoms.